The summed E-state index contributed by atoms with van der Waals surface area (Å²) in [6, 6.07) is 8.10. The number of hydrogen-bond donors (Lipinski definition) is 1. The van der Waals surface area contributed by atoms with Crippen molar-refractivity contribution in [1.29, 1.82) is 0 Å². The molecule has 0 aliphatic carbocycles. The Bertz CT molecular complexity index is 311. The predicted molar refractivity (Wildman–Crippen MR) is 75.1 cm³/mol. The first kappa shape index (κ1) is 15.0. The van der Waals surface area contributed by atoms with Gasteiger partial charge in [0, 0.05) is 13.2 Å². The summed E-state index contributed by atoms with van der Waals surface area (Å²) in [4.78, 5) is 0. The van der Waals surface area contributed by atoms with Gasteiger partial charge in [0.05, 0.1) is 13.2 Å². The van der Waals surface area contributed by atoms with Crippen LogP contribution in [0.4, 0.5) is 0 Å². The van der Waals surface area contributed by atoms with Crippen LogP contribution in [0.25, 0.3) is 0 Å². The van der Waals surface area contributed by atoms with Crippen LogP contribution in [-0.2, 0) is 4.74 Å². The van der Waals surface area contributed by atoms with Crippen molar-refractivity contribution in [2.45, 2.75) is 32.3 Å². The Morgan fingerprint density at radius 1 is 1.17 bits per heavy atom. The van der Waals surface area contributed by atoms with Crippen LogP contribution in [0.5, 0.6) is 5.75 Å². The fraction of sp³-hybridized carbons (Fsp3) is 0.600. The summed E-state index contributed by atoms with van der Waals surface area (Å²) in [7, 11) is 3.63. The van der Waals surface area contributed by atoms with Gasteiger partial charge in [-0.1, -0.05) is 31.9 Å². The van der Waals surface area contributed by atoms with E-state index in [1.165, 1.54) is 18.4 Å². The first-order valence-electron chi connectivity index (χ1n) is 6.72. The molecular formula is C15H25NO2. The van der Waals surface area contributed by atoms with Gasteiger partial charge >= 0.3 is 0 Å². The highest BCUT2D eigenvalue weighted by molar-refractivity contribution is 5.28. The van der Waals surface area contributed by atoms with Crippen LogP contribution < -0.4 is 10.1 Å². The van der Waals surface area contributed by atoms with E-state index in [4.69, 9.17) is 9.47 Å². The van der Waals surface area contributed by atoms with Gasteiger partial charge in [-0.05, 0) is 31.2 Å². The molecule has 0 aliphatic heterocycles. The normalized spacial score (nSPS) is 12.4. The Labute approximate surface area is 110 Å². The van der Waals surface area contributed by atoms with Crippen molar-refractivity contribution in [3.05, 3.63) is 29.8 Å². The van der Waals surface area contributed by atoms with Gasteiger partial charge in [-0.3, -0.25) is 0 Å². The Morgan fingerprint density at radius 3 is 2.44 bits per heavy atom. The third-order valence-corrected chi connectivity index (χ3v) is 2.94. The summed E-state index contributed by atoms with van der Waals surface area (Å²) in [6.07, 6.45) is 3.71. The lowest BCUT2D eigenvalue weighted by Gasteiger charge is -2.18. The molecule has 0 radical (unpaired) electrons. The lowest BCUT2D eigenvalue weighted by Crippen LogP contribution is -2.20. The van der Waals surface area contributed by atoms with Crippen molar-refractivity contribution < 1.29 is 9.47 Å². The number of likely N-dealkylation sites (N-methyl/N-ethyl adjacent to an activating group) is 1. The molecule has 0 heterocycles. The van der Waals surface area contributed by atoms with Gasteiger partial charge in [-0.25, -0.2) is 0 Å². The first-order chi connectivity index (χ1) is 8.81. The number of benzene rings is 1. The number of ether oxygens (including phenoxy) is 2. The highest BCUT2D eigenvalue weighted by Crippen LogP contribution is 2.20. The molecule has 0 saturated heterocycles. The zero-order valence-electron chi connectivity index (χ0n) is 11.7. The molecule has 0 saturated carbocycles. The summed E-state index contributed by atoms with van der Waals surface area (Å²) >= 11 is 0. The van der Waals surface area contributed by atoms with Crippen LogP contribution in [0.2, 0.25) is 0 Å². The Balaban J connectivity index is 2.53. The lowest BCUT2D eigenvalue weighted by molar-refractivity contribution is 0.0513. The topological polar surface area (TPSA) is 30.5 Å². The summed E-state index contributed by atoms with van der Waals surface area (Å²) < 4.78 is 11.1. The molecule has 0 spiro atoms. The Kier molecular flexibility index (Phi) is 7.46. The summed E-state index contributed by atoms with van der Waals surface area (Å²) in [6.45, 7) is 3.86. The molecule has 0 amide bonds. The predicted octanol–water partition coefficient (Wildman–Crippen LogP) is 3.16. The molecule has 1 N–H and O–H groups in total. The minimum absolute atomic E-state index is 0.123. The molecule has 102 valence electrons. The second-order valence-corrected chi connectivity index (χ2v) is 4.40. The quantitative estimate of drug-likeness (QED) is 0.684. The van der Waals surface area contributed by atoms with E-state index in [9.17, 15) is 0 Å². The number of nitrogens with one attached hydrogen (secondary N) is 1. The first-order valence-corrected chi connectivity index (χ1v) is 6.72. The fourth-order valence-corrected chi connectivity index (χ4v) is 1.85. The Morgan fingerprint density at radius 2 is 1.89 bits per heavy atom. The number of methoxy groups -OCH3 is 1. The average Bonchev–Trinajstić information content (AvgIpc) is 2.42. The molecule has 3 nitrogen and oxygen atoms in total. The molecule has 0 bridgehead atoms. The molecule has 18 heavy (non-hydrogen) atoms. The standard InChI is InChI=1S/C15H25NO2/c1-4-5-6-11-18-15(12-16-2)13-7-9-14(17-3)10-8-13/h7-10,15-16H,4-6,11-12H2,1-3H3. The van der Waals surface area contributed by atoms with Crippen molar-refractivity contribution in [3.8, 4) is 5.75 Å². The molecule has 1 aromatic carbocycles. The molecule has 0 aromatic heterocycles. The molecule has 1 unspecified atom stereocenters. The van der Waals surface area contributed by atoms with E-state index < -0.39 is 0 Å². The third-order valence-electron chi connectivity index (χ3n) is 2.94. The van der Waals surface area contributed by atoms with Crippen LogP contribution in [0, 0.1) is 0 Å². The highest BCUT2D eigenvalue weighted by atomic mass is 16.5. The van der Waals surface area contributed by atoms with E-state index >= 15 is 0 Å². The molecule has 0 aliphatic rings. The van der Waals surface area contributed by atoms with Crippen LogP contribution in [0.1, 0.15) is 37.9 Å². The van der Waals surface area contributed by atoms with Crippen molar-refractivity contribution in [1.82, 2.24) is 5.32 Å². The van der Waals surface area contributed by atoms with Gasteiger partial charge in [0.1, 0.15) is 5.75 Å². The van der Waals surface area contributed by atoms with Gasteiger partial charge in [0.25, 0.3) is 0 Å². The van der Waals surface area contributed by atoms with E-state index in [0.29, 0.717) is 0 Å². The van der Waals surface area contributed by atoms with Crippen molar-refractivity contribution >= 4 is 0 Å². The van der Waals surface area contributed by atoms with Crippen LogP contribution >= 0.6 is 0 Å². The average molecular weight is 251 g/mol. The van der Waals surface area contributed by atoms with Gasteiger partial charge in [-0.15, -0.1) is 0 Å². The summed E-state index contributed by atoms with van der Waals surface area (Å²) in [5.41, 5.74) is 1.20. The van der Waals surface area contributed by atoms with E-state index in [1.54, 1.807) is 7.11 Å². The van der Waals surface area contributed by atoms with E-state index in [0.717, 1.165) is 25.3 Å². The molecule has 0 fully saturated rings. The maximum Gasteiger partial charge on any atom is 0.118 e. The number of rotatable bonds is 9. The van der Waals surface area contributed by atoms with Crippen LogP contribution in [0.15, 0.2) is 24.3 Å². The molecule has 1 atom stereocenters. The minimum Gasteiger partial charge on any atom is -0.497 e. The number of hydrogen-bond acceptors (Lipinski definition) is 3. The Hall–Kier alpha value is -1.06. The second kappa shape index (κ2) is 8.95. The molecule has 3 heteroatoms. The van der Waals surface area contributed by atoms with Crippen molar-refractivity contribution in [2.75, 3.05) is 27.3 Å². The zero-order chi connectivity index (χ0) is 13.2. The molecular weight excluding hydrogens is 226 g/mol. The summed E-state index contributed by atoms with van der Waals surface area (Å²) in [5.74, 6) is 0.882. The zero-order valence-corrected chi connectivity index (χ0v) is 11.7. The van der Waals surface area contributed by atoms with Crippen LogP contribution in [0.3, 0.4) is 0 Å². The van der Waals surface area contributed by atoms with Gasteiger partial charge in [0.2, 0.25) is 0 Å². The van der Waals surface area contributed by atoms with Gasteiger partial charge < -0.3 is 14.8 Å². The van der Waals surface area contributed by atoms with Gasteiger partial charge in [-0.2, -0.15) is 0 Å². The van der Waals surface area contributed by atoms with Crippen LogP contribution in [-0.4, -0.2) is 27.3 Å². The van der Waals surface area contributed by atoms with Crippen molar-refractivity contribution in [3.63, 3.8) is 0 Å². The van der Waals surface area contributed by atoms with Crippen molar-refractivity contribution in [2.24, 2.45) is 0 Å². The monoisotopic (exact) mass is 251 g/mol. The maximum absolute atomic E-state index is 5.94. The third kappa shape index (κ3) is 5.07. The lowest BCUT2D eigenvalue weighted by atomic mass is 10.1. The van der Waals surface area contributed by atoms with Gasteiger partial charge in [0.15, 0.2) is 0 Å². The number of unbranched alkanes of at least 4 members (excludes halogenated alkanes) is 2. The second-order valence-electron chi connectivity index (χ2n) is 4.40. The maximum atomic E-state index is 5.94. The minimum atomic E-state index is 0.123. The highest BCUT2D eigenvalue weighted by Gasteiger charge is 2.10. The molecule has 1 aromatic rings. The fourth-order valence-electron chi connectivity index (χ4n) is 1.85. The SMILES string of the molecule is CCCCCOC(CNC)c1ccc(OC)cc1. The van der Waals surface area contributed by atoms with E-state index in [-0.39, 0.29) is 6.10 Å². The molecule has 1 rings (SSSR count). The van der Waals surface area contributed by atoms with E-state index in [2.05, 4.69) is 24.4 Å². The largest absolute Gasteiger partial charge is 0.497 e. The smallest absolute Gasteiger partial charge is 0.118 e. The van der Waals surface area contributed by atoms with E-state index in [1.807, 2.05) is 19.2 Å². The summed E-state index contributed by atoms with van der Waals surface area (Å²) in [5, 5.41) is 3.18.